The van der Waals surface area contributed by atoms with E-state index in [9.17, 15) is 61.0 Å². The number of unbranched alkanes of at least 4 members (excludes halogenated alkanes) is 41. The molecule has 1 amide bonds. The van der Waals surface area contributed by atoms with Crippen LogP contribution in [0, 0.1) is 0 Å². The Bertz CT molecular complexity index is 1760. The predicted octanol–water partition coefficient (Wildman–Crippen LogP) is 11.0. The van der Waals surface area contributed by atoms with E-state index in [1.54, 1.807) is 6.08 Å². The van der Waals surface area contributed by atoms with E-state index in [1.165, 1.54) is 231 Å². The van der Waals surface area contributed by atoms with Crippen molar-refractivity contribution in [1.29, 1.82) is 0 Å². The van der Waals surface area contributed by atoms with Crippen LogP contribution in [0.4, 0.5) is 0 Å². The monoisotopic (exact) mass is 1320 g/mol. The zero-order chi connectivity index (χ0) is 66.8. The fourth-order valence-electron chi connectivity index (χ4n) is 12.9. The third-order valence-corrected chi connectivity index (χ3v) is 19.0. The summed E-state index contributed by atoms with van der Waals surface area (Å²) in [5.41, 5.74) is 0. The molecule has 3 aliphatic heterocycles. The topological polar surface area (TPSA) is 307 Å². The zero-order valence-corrected chi connectivity index (χ0v) is 57.5. The summed E-state index contributed by atoms with van der Waals surface area (Å²) in [4.78, 5) is 13.4. The van der Waals surface area contributed by atoms with Gasteiger partial charge in [-0.25, -0.2) is 0 Å². The quantitative estimate of drug-likeness (QED) is 0.0199. The van der Waals surface area contributed by atoms with Crippen LogP contribution in [-0.2, 0) is 33.2 Å². The van der Waals surface area contributed by atoms with E-state index in [-0.39, 0.29) is 18.9 Å². The van der Waals surface area contributed by atoms with E-state index in [2.05, 4.69) is 31.3 Å². The third-order valence-electron chi connectivity index (χ3n) is 19.0. The van der Waals surface area contributed by atoms with E-state index in [1.807, 2.05) is 6.08 Å². The lowest BCUT2D eigenvalue weighted by Gasteiger charge is -2.48. The lowest BCUT2D eigenvalue weighted by molar-refractivity contribution is -0.379. The molecule has 0 bridgehead atoms. The predicted molar refractivity (Wildman–Crippen MR) is 360 cm³/mol. The number of hydrogen-bond donors (Lipinski definition) is 12. The second-order valence-corrected chi connectivity index (χ2v) is 27.1. The SMILES string of the molecule is CCCCCCCCCCCCCC/C=C/CC/C=C/C(O)C(COC1OC(CO)C(OC2OC(CO)C(OC3OC(CO)C(O)C(O)C3O)C(O)C2O)C(O)C1O)NC(=O)CCCCCCCCCCCCCCCCCCCCCCCCCCCCCCC. The molecular formula is C73H137NO18. The van der Waals surface area contributed by atoms with E-state index >= 15 is 0 Å². The van der Waals surface area contributed by atoms with Gasteiger partial charge in [-0.2, -0.15) is 0 Å². The molecule has 0 aliphatic carbocycles. The zero-order valence-electron chi connectivity index (χ0n) is 57.5. The molecule has 3 rings (SSSR count). The average molecular weight is 1320 g/mol. The third kappa shape index (κ3) is 36.2. The van der Waals surface area contributed by atoms with Crippen molar-refractivity contribution in [2.24, 2.45) is 0 Å². The molecule has 3 saturated heterocycles. The highest BCUT2D eigenvalue weighted by Crippen LogP contribution is 2.33. The van der Waals surface area contributed by atoms with Gasteiger partial charge in [0.25, 0.3) is 0 Å². The first kappa shape index (κ1) is 84.5. The Morgan fingerprint density at radius 3 is 1.09 bits per heavy atom. The molecule has 19 nitrogen and oxygen atoms in total. The number of hydrogen-bond acceptors (Lipinski definition) is 18. The number of carbonyl (C=O) groups is 1. The first-order valence-electron chi connectivity index (χ1n) is 37.6. The van der Waals surface area contributed by atoms with Crippen molar-refractivity contribution in [1.82, 2.24) is 5.32 Å². The molecule has 3 aliphatic rings. The van der Waals surface area contributed by atoms with Crippen LogP contribution in [0.1, 0.15) is 303 Å². The lowest BCUT2D eigenvalue weighted by atomic mass is 9.96. The fourth-order valence-corrected chi connectivity index (χ4v) is 12.9. The lowest BCUT2D eigenvalue weighted by Crippen LogP contribution is -2.66. The van der Waals surface area contributed by atoms with Gasteiger partial charge in [-0.05, 0) is 32.1 Å². The van der Waals surface area contributed by atoms with Gasteiger partial charge in [0.1, 0.15) is 73.2 Å². The maximum atomic E-state index is 13.4. The molecule has 0 aromatic heterocycles. The smallest absolute Gasteiger partial charge is 0.220 e. The van der Waals surface area contributed by atoms with E-state index in [0.717, 1.165) is 38.5 Å². The molecule has 542 valence electrons. The maximum Gasteiger partial charge on any atom is 0.220 e. The largest absolute Gasteiger partial charge is 0.394 e. The van der Waals surface area contributed by atoms with Gasteiger partial charge in [0.05, 0.1) is 38.6 Å². The van der Waals surface area contributed by atoms with Crippen molar-refractivity contribution in [3.63, 3.8) is 0 Å². The highest BCUT2D eigenvalue weighted by Gasteiger charge is 2.53. The standard InChI is InChI=1S/C73H137NO18/c1-3-5-7-9-11-13-15-17-19-21-23-24-25-26-27-28-29-30-31-32-33-35-37-39-41-43-45-47-49-51-61(79)74-56(57(78)50-48-46-44-42-40-38-36-34-22-20-18-16-14-12-10-8-6-4-2)55-87-71-67(85)64(82)69(59(53-76)89-71)92-73-68(86)65(83)70(60(54-77)90-73)91-72-66(84)63(81)62(80)58(52-75)88-72/h40,42,48,50,56-60,62-73,75-78,80-86H,3-39,41,43-47,49,51-55H2,1-2H3,(H,74,79)/b42-40+,50-48+. The van der Waals surface area contributed by atoms with E-state index in [0.29, 0.717) is 12.8 Å². The molecule has 17 atom stereocenters. The Labute approximate surface area is 556 Å². The Hall–Kier alpha value is -1.73. The van der Waals surface area contributed by atoms with Crippen molar-refractivity contribution < 1.29 is 89.4 Å². The molecule has 3 fully saturated rings. The normalized spacial score (nSPS) is 27.8. The van der Waals surface area contributed by atoms with Crippen molar-refractivity contribution in [3.8, 4) is 0 Å². The molecular weight excluding hydrogens is 1180 g/mol. The van der Waals surface area contributed by atoms with Crippen LogP contribution in [0.25, 0.3) is 0 Å². The number of aliphatic hydroxyl groups is 11. The molecule has 3 heterocycles. The summed E-state index contributed by atoms with van der Waals surface area (Å²) in [6.45, 7) is 1.76. The summed E-state index contributed by atoms with van der Waals surface area (Å²) in [5, 5.41) is 121. The van der Waals surface area contributed by atoms with Crippen LogP contribution in [0.2, 0.25) is 0 Å². The second kappa shape index (κ2) is 55.2. The summed E-state index contributed by atoms with van der Waals surface area (Å²) < 4.78 is 34.4. The van der Waals surface area contributed by atoms with Gasteiger partial charge in [-0.3, -0.25) is 4.79 Å². The van der Waals surface area contributed by atoms with Crippen molar-refractivity contribution >= 4 is 5.91 Å². The van der Waals surface area contributed by atoms with Gasteiger partial charge in [0.15, 0.2) is 18.9 Å². The van der Waals surface area contributed by atoms with Gasteiger partial charge in [0, 0.05) is 6.42 Å². The van der Waals surface area contributed by atoms with Crippen molar-refractivity contribution in [3.05, 3.63) is 24.3 Å². The fraction of sp³-hybridized carbons (Fsp3) is 0.932. The molecule has 0 radical (unpaired) electrons. The van der Waals surface area contributed by atoms with E-state index < -0.39 is 124 Å². The molecule has 0 aromatic rings. The summed E-state index contributed by atoms with van der Waals surface area (Å²) in [5.74, 6) is -0.279. The van der Waals surface area contributed by atoms with Gasteiger partial charge < -0.3 is 89.9 Å². The molecule has 92 heavy (non-hydrogen) atoms. The Balaban J connectivity index is 1.39. The molecule has 0 saturated carbocycles. The molecule has 12 N–H and O–H groups in total. The Morgan fingerprint density at radius 2 is 0.696 bits per heavy atom. The minimum absolute atomic E-state index is 0.241. The molecule has 0 aromatic carbocycles. The van der Waals surface area contributed by atoms with Crippen molar-refractivity contribution in [2.45, 2.75) is 407 Å². The van der Waals surface area contributed by atoms with Gasteiger partial charge in [-0.1, -0.05) is 289 Å². The number of ether oxygens (including phenoxy) is 6. The van der Waals surface area contributed by atoms with Crippen molar-refractivity contribution in [2.75, 3.05) is 26.4 Å². The first-order valence-corrected chi connectivity index (χ1v) is 37.6. The highest BCUT2D eigenvalue weighted by atomic mass is 16.8. The first-order chi connectivity index (χ1) is 44.8. The summed E-state index contributed by atoms with van der Waals surface area (Å²) >= 11 is 0. The number of carbonyl (C=O) groups excluding carboxylic acids is 1. The van der Waals surface area contributed by atoms with Crippen LogP contribution >= 0.6 is 0 Å². The number of rotatable bonds is 59. The van der Waals surface area contributed by atoms with E-state index in [4.69, 9.17) is 28.4 Å². The van der Waals surface area contributed by atoms with Gasteiger partial charge in [0.2, 0.25) is 5.91 Å². The Morgan fingerprint density at radius 1 is 0.380 bits per heavy atom. The second-order valence-electron chi connectivity index (χ2n) is 27.1. The van der Waals surface area contributed by atoms with Gasteiger partial charge in [-0.15, -0.1) is 0 Å². The average Bonchev–Trinajstić information content (AvgIpc) is 0.856. The van der Waals surface area contributed by atoms with Crippen LogP contribution in [0.5, 0.6) is 0 Å². The summed E-state index contributed by atoms with van der Waals surface area (Å²) in [6, 6.07) is -0.987. The minimum Gasteiger partial charge on any atom is -0.394 e. The summed E-state index contributed by atoms with van der Waals surface area (Å²) in [6.07, 6.45) is 37.4. The highest BCUT2D eigenvalue weighted by molar-refractivity contribution is 5.76. The van der Waals surface area contributed by atoms with Crippen LogP contribution < -0.4 is 5.32 Å². The number of allylic oxidation sites excluding steroid dienone is 3. The summed E-state index contributed by atoms with van der Waals surface area (Å²) in [7, 11) is 0. The van der Waals surface area contributed by atoms with Gasteiger partial charge >= 0.3 is 0 Å². The van der Waals surface area contributed by atoms with Crippen LogP contribution in [-0.4, -0.2) is 193 Å². The molecule has 19 heteroatoms. The number of aliphatic hydroxyl groups excluding tert-OH is 11. The maximum absolute atomic E-state index is 13.4. The van der Waals surface area contributed by atoms with Crippen LogP contribution in [0.15, 0.2) is 24.3 Å². The molecule has 17 unspecified atom stereocenters. The minimum atomic E-state index is -1.98. The molecule has 0 spiro atoms. The number of amides is 1. The Kier molecular flexibility index (Phi) is 50.7. The number of nitrogens with one attached hydrogen (secondary N) is 1. The van der Waals surface area contributed by atoms with Crippen LogP contribution in [0.3, 0.4) is 0 Å².